The van der Waals surface area contributed by atoms with Crippen LogP contribution in [0, 0.1) is 12.7 Å². The molecule has 23 heavy (non-hydrogen) atoms. The maximum absolute atomic E-state index is 13.4. The molecule has 0 atom stereocenters. The van der Waals surface area contributed by atoms with Crippen LogP contribution in [0.15, 0.2) is 28.7 Å². The van der Waals surface area contributed by atoms with Crippen molar-refractivity contribution >= 4 is 17.6 Å². The van der Waals surface area contributed by atoms with Crippen LogP contribution in [0.2, 0.25) is 0 Å². The van der Waals surface area contributed by atoms with E-state index in [0.717, 1.165) is 12.5 Å². The first-order valence-corrected chi connectivity index (χ1v) is 6.99. The second-order valence-electron chi connectivity index (χ2n) is 4.87. The lowest BCUT2D eigenvalue weighted by atomic mass is 10.2. The Kier molecular flexibility index (Phi) is 5.00. The molecule has 1 heterocycles. The normalized spacial score (nSPS) is 10.4. The van der Waals surface area contributed by atoms with Gasteiger partial charge in [-0.3, -0.25) is 4.79 Å². The van der Waals surface area contributed by atoms with E-state index in [4.69, 9.17) is 14.3 Å². The van der Waals surface area contributed by atoms with Gasteiger partial charge in [-0.1, -0.05) is 6.92 Å². The Morgan fingerprint density at radius 3 is 2.70 bits per heavy atom. The van der Waals surface area contributed by atoms with Gasteiger partial charge in [-0.2, -0.15) is 0 Å². The molecule has 0 aliphatic rings. The molecule has 0 unspecified atom stereocenters. The number of anilines is 1. The number of carbonyl (C=O) groups is 2. The molecule has 0 spiro atoms. The first kappa shape index (κ1) is 16.5. The minimum absolute atomic E-state index is 0.148. The highest BCUT2D eigenvalue weighted by Gasteiger charge is 2.20. The van der Waals surface area contributed by atoms with Crippen molar-refractivity contribution in [2.24, 2.45) is 0 Å². The topological polar surface area (TPSA) is 88.8 Å². The van der Waals surface area contributed by atoms with Crippen LogP contribution < -0.4 is 10.1 Å². The van der Waals surface area contributed by atoms with Gasteiger partial charge in [0.25, 0.3) is 5.91 Å². The molecular weight excluding hydrogens is 305 g/mol. The van der Waals surface area contributed by atoms with Gasteiger partial charge in [0.15, 0.2) is 5.76 Å². The van der Waals surface area contributed by atoms with E-state index in [9.17, 15) is 14.0 Å². The van der Waals surface area contributed by atoms with Gasteiger partial charge in [0.05, 0.1) is 12.3 Å². The van der Waals surface area contributed by atoms with Gasteiger partial charge in [0.1, 0.15) is 11.6 Å². The lowest BCUT2D eigenvalue weighted by molar-refractivity contribution is 0.0659. The number of carboxylic acid groups (broad SMARTS) is 1. The average molecular weight is 321 g/mol. The third-order valence-electron chi connectivity index (χ3n) is 2.99. The Bertz CT molecular complexity index is 738. The van der Waals surface area contributed by atoms with Crippen molar-refractivity contribution in [3.05, 3.63) is 47.2 Å². The summed E-state index contributed by atoms with van der Waals surface area (Å²) in [5, 5.41) is 11.4. The van der Waals surface area contributed by atoms with Crippen LogP contribution in [-0.2, 0) is 0 Å². The third-order valence-corrected chi connectivity index (χ3v) is 2.99. The fourth-order valence-electron chi connectivity index (χ4n) is 1.93. The molecule has 0 aliphatic carbocycles. The lowest BCUT2D eigenvalue weighted by Gasteiger charge is -2.11. The SMILES string of the molecule is CCCOc1ccc(F)cc1NC(=O)c1cc(C)c(C(=O)O)o1. The summed E-state index contributed by atoms with van der Waals surface area (Å²) in [6.07, 6.45) is 0.754. The van der Waals surface area contributed by atoms with Crippen molar-refractivity contribution < 1.29 is 28.2 Å². The Morgan fingerprint density at radius 2 is 2.09 bits per heavy atom. The lowest BCUT2D eigenvalue weighted by Crippen LogP contribution is -2.12. The summed E-state index contributed by atoms with van der Waals surface area (Å²) in [5.41, 5.74) is 0.471. The third kappa shape index (κ3) is 3.88. The minimum Gasteiger partial charge on any atom is -0.491 e. The summed E-state index contributed by atoms with van der Waals surface area (Å²) in [6, 6.07) is 5.07. The first-order chi connectivity index (χ1) is 10.9. The van der Waals surface area contributed by atoms with Crippen molar-refractivity contribution in [1.29, 1.82) is 0 Å². The summed E-state index contributed by atoms with van der Waals surface area (Å²) < 4.78 is 23.8. The molecule has 0 bridgehead atoms. The van der Waals surface area contributed by atoms with E-state index < -0.39 is 17.7 Å². The molecule has 0 saturated heterocycles. The number of hydrogen-bond donors (Lipinski definition) is 2. The number of carboxylic acids is 1. The largest absolute Gasteiger partial charge is 0.491 e. The van der Waals surface area contributed by atoms with E-state index in [1.165, 1.54) is 25.1 Å². The number of carbonyl (C=O) groups excluding carboxylic acids is 1. The second kappa shape index (κ2) is 6.95. The molecule has 1 aromatic heterocycles. The predicted molar refractivity (Wildman–Crippen MR) is 80.5 cm³/mol. The summed E-state index contributed by atoms with van der Waals surface area (Å²) in [7, 11) is 0. The molecule has 2 rings (SSSR count). The Labute approximate surface area is 131 Å². The zero-order valence-corrected chi connectivity index (χ0v) is 12.7. The Hall–Kier alpha value is -2.83. The van der Waals surface area contributed by atoms with Crippen LogP contribution in [0.4, 0.5) is 10.1 Å². The molecule has 122 valence electrons. The number of rotatable bonds is 6. The quantitative estimate of drug-likeness (QED) is 0.850. The zero-order chi connectivity index (χ0) is 17.0. The Morgan fingerprint density at radius 1 is 1.35 bits per heavy atom. The maximum atomic E-state index is 13.4. The summed E-state index contributed by atoms with van der Waals surface area (Å²) >= 11 is 0. The van der Waals surface area contributed by atoms with Crippen molar-refractivity contribution in [3.63, 3.8) is 0 Å². The molecule has 0 fully saturated rings. The number of hydrogen-bond acceptors (Lipinski definition) is 4. The van der Waals surface area contributed by atoms with Crippen molar-refractivity contribution in [1.82, 2.24) is 0 Å². The van der Waals surface area contributed by atoms with Gasteiger partial charge >= 0.3 is 5.97 Å². The number of amides is 1. The molecular formula is C16H16FNO5. The van der Waals surface area contributed by atoms with Gasteiger partial charge in [-0.05, 0) is 31.5 Å². The summed E-state index contributed by atoms with van der Waals surface area (Å²) in [5.74, 6) is -2.65. The number of ether oxygens (including phenoxy) is 1. The minimum atomic E-state index is -1.26. The fraction of sp³-hybridized carbons (Fsp3) is 0.250. The van der Waals surface area contributed by atoms with Crippen LogP contribution in [0.3, 0.4) is 0 Å². The van der Waals surface area contributed by atoms with E-state index in [0.29, 0.717) is 17.9 Å². The van der Waals surface area contributed by atoms with Crippen LogP contribution >= 0.6 is 0 Å². The smallest absolute Gasteiger partial charge is 0.372 e. The standard InChI is InChI=1S/C16H16FNO5/c1-3-6-22-12-5-4-10(17)8-11(12)18-15(19)13-7-9(2)14(23-13)16(20)21/h4-5,7-8H,3,6H2,1-2H3,(H,18,19)(H,20,21). The van der Waals surface area contributed by atoms with E-state index >= 15 is 0 Å². The highest BCUT2D eigenvalue weighted by molar-refractivity contribution is 6.04. The van der Waals surface area contributed by atoms with Crippen LogP contribution in [0.25, 0.3) is 0 Å². The number of aryl methyl sites for hydroxylation is 1. The molecule has 7 heteroatoms. The highest BCUT2D eigenvalue weighted by atomic mass is 19.1. The molecule has 1 amide bonds. The van der Waals surface area contributed by atoms with Crippen LogP contribution in [-0.4, -0.2) is 23.6 Å². The average Bonchev–Trinajstić information content (AvgIpc) is 2.89. The molecule has 0 radical (unpaired) electrons. The summed E-state index contributed by atoms with van der Waals surface area (Å²) in [4.78, 5) is 23.1. The molecule has 0 aliphatic heterocycles. The van der Waals surface area contributed by atoms with Crippen molar-refractivity contribution in [2.75, 3.05) is 11.9 Å². The van der Waals surface area contributed by atoms with Gasteiger partial charge in [0.2, 0.25) is 5.76 Å². The van der Waals surface area contributed by atoms with Gasteiger partial charge in [0, 0.05) is 11.6 Å². The molecule has 2 aromatic rings. The Balaban J connectivity index is 2.24. The first-order valence-electron chi connectivity index (χ1n) is 6.99. The number of benzene rings is 1. The van der Waals surface area contributed by atoms with Gasteiger partial charge < -0.3 is 19.6 Å². The molecule has 2 N–H and O–H groups in total. The number of furan rings is 1. The van der Waals surface area contributed by atoms with E-state index in [1.807, 2.05) is 6.92 Å². The monoisotopic (exact) mass is 321 g/mol. The molecule has 1 aromatic carbocycles. The number of aromatic carboxylic acids is 1. The zero-order valence-electron chi connectivity index (χ0n) is 12.7. The van der Waals surface area contributed by atoms with E-state index in [1.54, 1.807) is 0 Å². The highest BCUT2D eigenvalue weighted by Crippen LogP contribution is 2.26. The maximum Gasteiger partial charge on any atom is 0.372 e. The van der Waals surface area contributed by atoms with Gasteiger partial charge in [-0.15, -0.1) is 0 Å². The van der Waals surface area contributed by atoms with Crippen LogP contribution in [0.1, 0.15) is 40.0 Å². The van der Waals surface area contributed by atoms with Crippen molar-refractivity contribution in [2.45, 2.75) is 20.3 Å². The fourth-order valence-corrected chi connectivity index (χ4v) is 1.93. The van der Waals surface area contributed by atoms with Crippen molar-refractivity contribution in [3.8, 4) is 5.75 Å². The molecule has 6 nitrogen and oxygen atoms in total. The van der Waals surface area contributed by atoms with Crippen LogP contribution in [0.5, 0.6) is 5.75 Å². The second-order valence-corrected chi connectivity index (χ2v) is 4.87. The summed E-state index contributed by atoms with van der Waals surface area (Å²) in [6.45, 7) is 3.85. The number of nitrogens with one attached hydrogen (secondary N) is 1. The van der Waals surface area contributed by atoms with Gasteiger partial charge in [-0.25, -0.2) is 9.18 Å². The predicted octanol–water partition coefficient (Wildman–Crippen LogP) is 3.47. The van der Waals surface area contributed by atoms with E-state index in [2.05, 4.69) is 5.32 Å². The number of halogens is 1. The molecule has 0 saturated carbocycles. The van der Waals surface area contributed by atoms with E-state index in [-0.39, 0.29) is 17.2 Å².